The Morgan fingerprint density at radius 3 is 2.38 bits per heavy atom. The van der Waals surface area contributed by atoms with Crippen molar-refractivity contribution in [1.82, 2.24) is 0 Å². The van der Waals surface area contributed by atoms with Gasteiger partial charge < -0.3 is 0 Å². The van der Waals surface area contributed by atoms with Gasteiger partial charge in [-0.05, 0) is 48.8 Å². The lowest BCUT2D eigenvalue weighted by Crippen LogP contribution is -1.95. The Morgan fingerprint density at radius 2 is 1.85 bits per heavy atom. The maximum absolute atomic E-state index is 5.81. The van der Waals surface area contributed by atoms with E-state index in [1.54, 1.807) is 0 Å². The first kappa shape index (κ1) is 9.08. The summed E-state index contributed by atoms with van der Waals surface area (Å²) in [6.07, 6.45) is 5.36. The van der Waals surface area contributed by atoms with Crippen molar-refractivity contribution in [2.24, 2.45) is 5.41 Å². The van der Waals surface area contributed by atoms with E-state index in [1.807, 2.05) is 12.1 Å². The van der Waals surface area contributed by atoms with Crippen LogP contribution in [-0.2, 0) is 6.42 Å². The molecule has 1 aliphatic carbocycles. The molecule has 1 saturated carbocycles. The van der Waals surface area contributed by atoms with E-state index >= 15 is 0 Å². The average Bonchev–Trinajstić information content (AvgIpc) is 2.84. The number of hydrogen-bond acceptors (Lipinski definition) is 0. The molecular formula is C12H15Cl. The SMILES string of the molecule is CC1(CCc2ccc(Cl)cc2)CC1. The molecule has 0 spiro atoms. The number of rotatable bonds is 3. The molecule has 1 aromatic carbocycles. The van der Waals surface area contributed by atoms with E-state index in [-0.39, 0.29) is 0 Å². The Morgan fingerprint density at radius 1 is 1.23 bits per heavy atom. The van der Waals surface area contributed by atoms with Crippen LogP contribution in [0.2, 0.25) is 5.02 Å². The molecule has 1 aliphatic rings. The summed E-state index contributed by atoms with van der Waals surface area (Å²) in [6.45, 7) is 2.38. The van der Waals surface area contributed by atoms with Crippen LogP contribution in [0.5, 0.6) is 0 Å². The predicted octanol–water partition coefficient (Wildman–Crippen LogP) is 4.07. The van der Waals surface area contributed by atoms with E-state index in [2.05, 4.69) is 19.1 Å². The normalized spacial score (nSPS) is 18.6. The van der Waals surface area contributed by atoms with Gasteiger partial charge in [-0.2, -0.15) is 0 Å². The highest BCUT2D eigenvalue weighted by Crippen LogP contribution is 2.48. The molecule has 0 bridgehead atoms. The van der Waals surface area contributed by atoms with E-state index in [4.69, 9.17) is 11.6 Å². The first-order valence-electron chi connectivity index (χ1n) is 4.92. The van der Waals surface area contributed by atoms with E-state index in [0.717, 1.165) is 5.02 Å². The van der Waals surface area contributed by atoms with Crippen LogP contribution in [-0.4, -0.2) is 0 Å². The Balaban J connectivity index is 1.91. The lowest BCUT2D eigenvalue weighted by molar-refractivity contribution is 0.518. The molecule has 0 N–H and O–H groups in total. The Bertz CT molecular complexity index is 282. The zero-order valence-electron chi connectivity index (χ0n) is 8.02. The van der Waals surface area contributed by atoms with Gasteiger partial charge in [0, 0.05) is 5.02 Å². The summed E-state index contributed by atoms with van der Waals surface area (Å²) in [5, 5.41) is 0.835. The predicted molar refractivity (Wildman–Crippen MR) is 57.1 cm³/mol. The van der Waals surface area contributed by atoms with Gasteiger partial charge in [-0.15, -0.1) is 0 Å². The summed E-state index contributed by atoms with van der Waals surface area (Å²) in [5.74, 6) is 0. The molecule has 0 heterocycles. The number of benzene rings is 1. The van der Waals surface area contributed by atoms with Crippen molar-refractivity contribution in [2.75, 3.05) is 0 Å². The molecule has 0 nitrogen and oxygen atoms in total. The highest BCUT2D eigenvalue weighted by molar-refractivity contribution is 6.30. The van der Waals surface area contributed by atoms with Crippen molar-refractivity contribution in [1.29, 1.82) is 0 Å². The van der Waals surface area contributed by atoms with Crippen LogP contribution < -0.4 is 0 Å². The van der Waals surface area contributed by atoms with Gasteiger partial charge in [0.15, 0.2) is 0 Å². The van der Waals surface area contributed by atoms with Crippen LogP contribution in [0.1, 0.15) is 31.7 Å². The zero-order chi connectivity index (χ0) is 9.31. The molecule has 0 atom stereocenters. The van der Waals surface area contributed by atoms with Gasteiger partial charge in [-0.25, -0.2) is 0 Å². The molecule has 1 aromatic rings. The monoisotopic (exact) mass is 194 g/mol. The smallest absolute Gasteiger partial charge is 0.0406 e. The summed E-state index contributed by atoms with van der Waals surface area (Å²) in [6, 6.07) is 8.22. The standard InChI is InChI=1S/C12H15Cl/c1-12(8-9-12)7-6-10-2-4-11(13)5-3-10/h2-5H,6-9H2,1H3. The minimum atomic E-state index is 0.666. The Kier molecular flexibility index (Phi) is 2.33. The molecule has 0 saturated heterocycles. The molecule has 0 unspecified atom stereocenters. The third kappa shape index (κ3) is 2.47. The molecule has 0 aliphatic heterocycles. The van der Waals surface area contributed by atoms with Crippen molar-refractivity contribution in [2.45, 2.75) is 32.6 Å². The molecule has 0 amide bonds. The van der Waals surface area contributed by atoms with Gasteiger partial charge in [0.1, 0.15) is 0 Å². The van der Waals surface area contributed by atoms with E-state index < -0.39 is 0 Å². The number of aryl methyl sites for hydroxylation is 1. The molecular weight excluding hydrogens is 180 g/mol. The fourth-order valence-electron chi connectivity index (χ4n) is 1.56. The van der Waals surface area contributed by atoms with Gasteiger partial charge in [-0.1, -0.05) is 30.7 Å². The summed E-state index contributed by atoms with van der Waals surface area (Å²) in [5.41, 5.74) is 2.08. The van der Waals surface area contributed by atoms with E-state index in [9.17, 15) is 0 Å². The van der Waals surface area contributed by atoms with Gasteiger partial charge in [-0.3, -0.25) is 0 Å². The van der Waals surface area contributed by atoms with Crippen molar-refractivity contribution in [3.05, 3.63) is 34.9 Å². The van der Waals surface area contributed by atoms with Crippen LogP contribution in [0, 0.1) is 5.41 Å². The quantitative estimate of drug-likeness (QED) is 0.681. The van der Waals surface area contributed by atoms with Crippen molar-refractivity contribution in [3.8, 4) is 0 Å². The Hall–Kier alpha value is -0.490. The van der Waals surface area contributed by atoms with Gasteiger partial charge in [0.25, 0.3) is 0 Å². The van der Waals surface area contributed by atoms with Crippen LogP contribution in [0.25, 0.3) is 0 Å². The van der Waals surface area contributed by atoms with E-state index in [1.165, 1.54) is 31.2 Å². The summed E-state index contributed by atoms with van der Waals surface area (Å²) < 4.78 is 0. The van der Waals surface area contributed by atoms with Crippen molar-refractivity contribution >= 4 is 11.6 Å². The number of halogens is 1. The largest absolute Gasteiger partial charge is 0.0843 e. The second kappa shape index (κ2) is 3.34. The average molecular weight is 195 g/mol. The van der Waals surface area contributed by atoms with Crippen LogP contribution >= 0.6 is 11.6 Å². The molecule has 13 heavy (non-hydrogen) atoms. The minimum absolute atomic E-state index is 0.666. The van der Waals surface area contributed by atoms with Crippen LogP contribution in [0.4, 0.5) is 0 Å². The van der Waals surface area contributed by atoms with Crippen molar-refractivity contribution < 1.29 is 0 Å². The molecule has 1 fully saturated rings. The maximum Gasteiger partial charge on any atom is 0.0406 e. The molecule has 0 radical (unpaired) electrons. The fourth-order valence-corrected chi connectivity index (χ4v) is 1.69. The first-order valence-corrected chi connectivity index (χ1v) is 5.30. The first-order chi connectivity index (χ1) is 6.18. The summed E-state index contributed by atoms with van der Waals surface area (Å²) in [4.78, 5) is 0. The highest BCUT2D eigenvalue weighted by Gasteiger charge is 2.36. The summed E-state index contributed by atoms with van der Waals surface area (Å²) in [7, 11) is 0. The van der Waals surface area contributed by atoms with Crippen LogP contribution in [0.3, 0.4) is 0 Å². The molecule has 2 rings (SSSR count). The maximum atomic E-state index is 5.81. The van der Waals surface area contributed by atoms with Gasteiger partial charge >= 0.3 is 0 Å². The second-order valence-corrected chi connectivity index (χ2v) is 4.87. The zero-order valence-corrected chi connectivity index (χ0v) is 8.77. The lowest BCUT2D eigenvalue weighted by atomic mass is 9.99. The lowest BCUT2D eigenvalue weighted by Gasteiger charge is -2.07. The molecule has 0 aromatic heterocycles. The van der Waals surface area contributed by atoms with Crippen molar-refractivity contribution in [3.63, 3.8) is 0 Å². The van der Waals surface area contributed by atoms with Crippen LogP contribution in [0.15, 0.2) is 24.3 Å². The third-order valence-electron chi connectivity index (χ3n) is 3.03. The number of hydrogen-bond donors (Lipinski definition) is 0. The summed E-state index contributed by atoms with van der Waals surface area (Å²) >= 11 is 5.81. The topological polar surface area (TPSA) is 0 Å². The molecule has 70 valence electrons. The third-order valence-corrected chi connectivity index (χ3v) is 3.29. The highest BCUT2D eigenvalue weighted by atomic mass is 35.5. The van der Waals surface area contributed by atoms with E-state index in [0.29, 0.717) is 5.41 Å². The van der Waals surface area contributed by atoms with Gasteiger partial charge in [0.2, 0.25) is 0 Å². The molecule has 1 heteroatoms. The second-order valence-electron chi connectivity index (χ2n) is 4.44. The fraction of sp³-hybridized carbons (Fsp3) is 0.500. The minimum Gasteiger partial charge on any atom is -0.0843 e. The Labute approximate surface area is 84.9 Å². The van der Waals surface area contributed by atoms with Gasteiger partial charge in [0.05, 0.1) is 0 Å².